The van der Waals surface area contributed by atoms with Crippen LogP contribution in [0.1, 0.15) is 5.56 Å². The number of carboxylic acid groups (broad SMARTS) is 1. The van der Waals surface area contributed by atoms with Gasteiger partial charge in [-0.05, 0) is 17.7 Å². The number of ether oxygens (including phenoxy) is 1. The van der Waals surface area contributed by atoms with E-state index in [0.29, 0.717) is 15.8 Å². The minimum atomic E-state index is -0.999. The van der Waals surface area contributed by atoms with Gasteiger partial charge >= 0.3 is 5.97 Å². The molecule has 0 heterocycles. The zero-order chi connectivity index (χ0) is 12.8. The molecule has 3 nitrogen and oxygen atoms in total. The van der Waals surface area contributed by atoms with Crippen molar-refractivity contribution in [3.63, 3.8) is 0 Å². The highest BCUT2D eigenvalue weighted by molar-refractivity contribution is 6.43. The van der Waals surface area contributed by atoms with Gasteiger partial charge < -0.3 is 9.84 Å². The Hall–Kier alpha value is -1.45. The van der Waals surface area contributed by atoms with Crippen molar-refractivity contribution in [2.75, 3.05) is 7.11 Å². The summed E-state index contributed by atoms with van der Waals surface area (Å²) < 4.78 is 5.05. The SMILES string of the molecule is COc1cc(C=CC=CC(=O)O)cc(Cl)c1Cl. The lowest BCUT2D eigenvalue weighted by atomic mass is 10.2. The fourth-order valence-corrected chi connectivity index (χ4v) is 1.54. The van der Waals surface area contributed by atoms with Gasteiger partial charge in [-0.1, -0.05) is 41.4 Å². The zero-order valence-electron chi connectivity index (χ0n) is 8.98. The quantitative estimate of drug-likeness (QED) is 0.672. The Balaban J connectivity index is 2.92. The van der Waals surface area contributed by atoms with Gasteiger partial charge in [-0.15, -0.1) is 0 Å². The van der Waals surface area contributed by atoms with E-state index in [1.165, 1.54) is 13.2 Å². The first-order valence-corrected chi connectivity index (χ1v) is 5.41. The van der Waals surface area contributed by atoms with Crippen molar-refractivity contribution in [1.29, 1.82) is 0 Å². The highest BCUT2D eigenvalue weighted by atomic mass is 35.5. The zero-order valence-corrected chi connectivity index (χ0v) is 10.5. The predicted octanol–water partition coefficient (Wildman–Crippen LogP) is 3.66. The van der Waals surface area contributed by atoms with Crippen LogP contribution in [0.4, 0.5) is 0 Å². The number of rotatable bonds is 4. The van der Waals surface area contributed by atoms with E-state index < -0.39 is 5.97 Å². The van der Waals surface area contributed by atoms with Gasteiger partial charge in [-0.2, -0.15) is 0 Å². The van der Waals surface area contributed by atoms with Crippen molar-refractivity contribution in [3.8, 4) is 5.75 Å². The Bertz CT molecular complexity index is 479. The van der Waals surface area contributed by atoms with Crippen LogP contribution in [0.15, 0.2) is 30.4 Å². The Morgan fingerprint density at radius 1 is 1.35 bits per heavy atom. The number of hydrogen-bond acceptors (Lipinski definition) is 2. The topological polar surface area (TPSA) is 46.5 Å². The van der Waals surface area contributed by atoms with E-state index in [1.54, 1.807) is 24.3 Å². The van der Waals surface area contributed by atoms with Crippen molar-refractivity contribution in [3.05, 3.63) is 46.0 Å². The lowest BCUT2D eigenvalue weighted by molar-refractivity contribution is -0.131. The maximum absolute atomic E-state index is 10.2. The van der Waals surface area contributed by atoms with E-state index in [9.17, 15) is 4.79 Å². The summed E-state index contributed by atoms with van der Waals surface area (Å²) in [6.45, 7) is 0. The van der Waals surface area contributed by atoms with Crippen molar-refractivity contribution in [1.82, 2.24) is 0 Å². The second-order valence-corrected chi connectivity index (χ2v) is 3.86. The van der Waals surface area contributed by atoms with Gasteiger partial charge in [0, 0.05) is 6.08 Å². The second-order valence-electron chi connectivity index (χ2n) is 3.08. The van der Waals surface area contributed by atoms with E-state index in [4.69, 9.17) is 33.0 Å². The fraction of sp³-hybridized carbons (Fsp3) is 0.0833. The maximum atomic E-state index is 10.2. The molecule has 0 aliphatic heterocycles. The number of halogens is 2. The lowest BCUT2D eigenvalue weighted by Crippen LogP contribution is -1.86. The molecule has 0 fully saturated rings. The molecule has 0 aliphatic rings. The van der Waals surface area contributed by atoms with Crippen LogP contribution in [0.3, 0.4) is 0 Å². The minimum absolute atomic E-state index is 0.354. The molecule has 0 aliphatic carbocycles. The van der Waals surface area contributed by atoms with Gasteiger partial charge in [0.2, 0.25) is 0 Å². The minimum Gasteiger partial charge on any atom is -0.495 e. The smallest absolute Gasteiger partial charge is 0.328 e. The van der Waals surface area contributed by atoms with Gasteiger partial charge in [0.15, 0.2) is 0 Å². The van der Waals surface area contributed by atoms with Gasteiger partial charge in [-0.25, -0.2) is 4.79 Å². The summed E-state index contributed by atoms with van der Waals surface area (Å²) in [5, 5.41) is 9.13. The summed E-state index contributed by atoms with van der Waals surface area (Å²) in [6, 6.07) is 3.37. The molecule has 0 saturated carbocycles. The molecule has 0 amide bonds. The molecule has 0 radical (unpaired) electrons. The van der Waals surface area contributed by atoms with Gasteiger partial charge in [-0.3, -0.25) is 0 Å². The molecule has 1 aromatic rings. The standard InChI is InChI=1S/C12H10Cl2O3/c1-17-10-7-8(6-9(13)12(10)14)4-2-3-5-11(15)16/h2-7H,1H3,(H,15,16). The van der Waals surface area contributed by atoms with Gasteiger partial charge in [0.25, 0.3) is 0 Å². The summed E-state index contributed by atoms with van der Waals surface area (Å²) >= 11 is 11.8. The second kappa shape index (κ2) is 6.33. The predicted molar refractivity (Wildman–Crippen MR) is 68.8 cm³/mol. The molecule has 1 aromatic carbocycles. The summed E-state index contributed by atoms with van der Waals surface area (Å²) in [6.07, 6.45) is 5.74. The van der Waals surface area contributed by atoms with Gasteiger partial charge in [0.05, 0.1) is 12.1 Å². The van der Waals surface area contributed by atoms with Gasteiger partial charge in [0.1, 0.15) is 10.8 Å². The summed E-state index contributed by atoms with van der Waals surface area (Å²) in [4.78, 5) is 10.2. The molecule has 1 N–H and O–H groups in total. The van der Waals surface area contributed by atoms with Crippen LogP contribution in [0, 0.1) is 0 Å². The molecule has 0 spiro atoms. The average Bonchev–Trinajstić information content (AvgIpc) is 2.28. The molecule has 1 rings (SSSR count). The Labute approximate surface area is 109 Å². The number of methoxy groups -OCH3 is 1. The largest absolute Gasteiger partial charge is 0.495 e. The third kappa shape index (κ3) is 4.13. The van der Waals surface area contributed by atoms with Crippen molar-refractivity contribution in [2.45, 2.75) is 0 Å². The van der Waals surface area contributed by atoms with E-state index in [1.807, 2.05) is 0 Å². The Morgan fingerprint density at radius 3 is 2.65 bits per heavy atom. The van der Waals surface area contributed by atoms with E-state index in [0.717, 1.165) is 11.6 Å². The van der Waals surface area contributed by atoms with Crippen molar-refractivity contribution in [2.24, 2.45) is 0 Å². The van der Waals surface area contributed by atoms with E-state index >= 15 is 0 Å². The molecule has 0 atom stereocenters. The number of allylic oxidation sites excluding steroid dienone is 2. The lowest BCUT2D eigenvalue weighted by Gasteiger charge is -2.05. The van der Waals surface area contributed by atoms with E-state index in [-0.39, 0.29) is 0 Å². The molecule has 90 valence electrons. The number of aliphatic carboxylic acids is 1. The highest BCUT2D eigenvalue weighted by Gasteiger charge is 2.06. The molecule has 0 bridgehead atoms. The average molecular weight is 273 g/mol. The molecular formula is C12H10Cl2O3. The molecule has 0 saturated heterocycles. The summed E-state index contributed by atoms with van der Waals surface area (Å²) in [5.41, 5.74) is 0.770. The third-order valence-corrected chi connectivity index (χ3v) is 2.66. The van der Waals surface area contributed by atoms with Crippen LogP contribution < -0.4 is 4.74 Å². The first kappa shape index (κ1) is 13.6. The monoisotopic (exact) mass is 272 g/mol. The molecule has 0 aromatic heterocycles. The maximum Gasteiger partial charge on any atom is 0.328 e. The van der Waals surface area contributed by atoms with Crippen molar-refractivity contribution < 1.29 is 14.6 Å². The van der Waals surface area contributed by atoms with Crippen molar-refractivity contribution >= 4 is 35.2 Å². The van der Waals surface area contributed by atoms with Crippen LogP contribution in [-0.4, -0.2) is 18.2 Å². The molecule has 0 unspecified atom stereocenters. The van der Waals surface area contributed by atoms with Crippen LogP contribution in [0.2, 0.25) is 10.0 Å². The van der Waals surface area contributed by atoms with Crippen LogP contribution in [0.25, 0.3) is 6.08 Å². The number of carbonyl (C=O) groups is 1. The number of benzene rings is 1. The Kier molecular flexibility index (Phi) is 5.07. The summed E-state index contributed by atoms with van der Waals surface area (Å²) in [5.74, 6) is -0.526. The van der Waals surface area contributed by atoms with Crippen LogP contribution >= 0.6 is 23.2 Å². The Morgan fingerprint density at radius 2 is 2.06 bits per heavy atom. The van der Waals surface area contributed by atoms with E-state index in [2.05, 4.69) is 0 Å². The third-order valence-electron chi connectivity index (χ3n) is 1.88. The van der Waals surface area contributed by atoms with Crippen LogP contribution in [-0.2, 0) is 4.79 Å². The molecule has 5 heteroatoms. The normalized spacial score (nSPS) is 11.2. The first-order valence-electron chi connectivity index (χ1n) is 4.65. The number of hydrogen-bond donors (Lipinski definition) is 1. The number of carboxylic acids is 1. The van der Waals surface area contributed by atoms with Crippen LogP contribution in [0.5, 0.6) is 5.75 Å². The first-order chi connectivity index (χ1) is 8.04. The fourth-order valence-electron chi connectivity index (χ4n) is 1.13. The molecular weight excluding hydrogens is 263 g/mol. The summed E-state index contributed by atoms with van der Waals surface area (Å²) in [7, 11) is 1.50. The molecule has 17 heavy (non-hydrogen) atoms. The highest BCUT2D eigenvalue weighted by Crippen LogP contribution is 2.33.